The molecule has 0 amide bonds. The first-order valence-electron chi connectivity index (χ1n) is 6.58. The molecule has 4 heteroatoms. The van der Waals surface area contributed by atoms with Crippen molar-refractivity contribution in [3.05, 3.63) is 65.2 Å². The van der Waals surface area contributed by atoms with Crippen LogP contribution >= 0.6 is 0 Å². The van der Waals surface area contributed by atoms with Crippen LogP contribution in [0.5, 0.6) is 5.75 Å². The molecule has 1 N–H and O–H groups in total. The second kappa shape index (κ2) is 6.22. The number of phenols is 1. The summed E-state index contributed by atoms with van der Waals surface area (Å²) in [5.74, 6) is -0.927. The van der Waals surface area contributed by atoms with E-state index in [4.69, 9.17) is 4.74 Å². The van der Waals surface area contributed by atoms with Gasteiger partial charge in [0.1, 0.15) is 5.75 Å². The lowest BCUT2D eigenvalue weighted by atomic mass is 10.1. The van der Waals surface area contributed by atoms with Gasteiger partial charge in [0.15, 0.2) is 6.10 Å². The number of hydrogen-bond donors (Lipinski definition) is 1. The average molecular weight is 284 g/mol. The molecule has 0 unspecified atom stereocenters. The first kappa shape index (κ1) is 14.8. The number of Topliss-reactive ketones (excluding diaryl/α,β-unsaturated/α-hetero) is 1. The van der Waals surface area contributed by atoms with Crippen LogP contribution in [0.1, 0.15) is 33.2 Å². The molecule has 2 aromatic rings. The predicted octanol–water partition coefficient (Wildman–Crippen LogP) is 3.13. The zero-order chi connectivity index (χ0) is 15.4. The number of carbonyl (C=O) groups excluding carboxylic acids is 2. The highest BCUT2D eigenvalue weighted by atomic mass is 16.5. The largest absolute Gasteiger partial charge is 0.508 e. The quantitative estimate of drug-likeness (QED) is 0.692. The van der Waals surface area contributed by atoms with E-state index in [1.54, 1.807) is 18.2 Å². The van der Waals surface area contributed by atoms with E-state index in [0.717, 1.165) is 5.56 Å². The first-order valence-corrected chi connectivity index (χ1v) is 6.58. The third-order valence-electron chi connectivity index (χ3n) is 3.07. The minimum absolute atomic E-state index is 0.0260. The van der Waals surface area contributed by atoms with Crippen molar-refractivity contribution in [2.75, 3.05) is 0 Å². The molecule has 21 heavy (non-hydrogen) atoms. The summed E-state index contributed by atoms with van der Waals surface area (Å²) in [5, 5.41) is 9.33. The molecular formula is C17H16O4. The van der Waals surface area contributed by atoms with Crippen molar-refractivity contribution < 1.29 is 19.4 Å². The molecule has 0 bridgehead atoms. The molecule has 0 heterocycles. The summed E-state index contributed by atoms with van der Waals surface area (Å²) >= 11 is 0. The Bertz CT molecular complexity index is 659. The van der Waals surface area contributed by atoms with E-state index >= 15 is 0 Å². The Morgan fingerprint density at radius 1 is 1.05 bits per heavy atom. The van der Waals surface area contributed by atoms with Crippen LogP contribution in [0.4, 0.5) is 0 Å². The summed E-state index contributed by atoms with van der Waals surface area (Å²) in [6.07, 6.45) is -0.887. The molecule has 0 spiro atoms. The van der Waals surface area contributed by atoms with E-state index < -0.39 is 12.1 Å². The van der Waals surface area contributed by atoms with Gasteiger partial charge in [-0.15, -0.1) is 0 Å². The van der Waals surface area contributed by atoms with E-state index in [-0.39, 0.29) is 17.1 Å². The van der Waals surface area contributed by atoms with Crippen LogP contribution in [0, 0.1) is 6.92 Å². The summed E-state index contributed by atoms with van der Waals surface area (Å²) < 4.78 is 5.14. The Kier molecular flexibility index (Phi) is 4.38. The molecule has 1 atom stereocenters. The van der Waals surface area contributed by atoms with Crippen molar-refractivity contribution in [2.24, 2.45) is 0 Å². The van der Waals surface area contributed by atoms with Crippen molar-refractivity contribution in [3.8, 4) is 5.75 Å². The average Bonchev–Trinajstić information content (AvgIpc) is 2.47. The first-order chi connectivity index (χ1) is 9.97. The van der Waals surface area contributed by atoms with E-state index in [1.807, 2.05) is 19.1 Å². The van der Waals surface area contributed by atoms with Gasteiger partial charge in [0.05, 0.1) is 5.56 Å². The lowest BCUT2D eigenvalue weighted by Crippen LogP contribution is -2.24. The fourth-order valence-electron chi connectivity index (χ4n) is 1.87. The van der Waals surface area contributed by atoms with Gasteiger partial charge in [0, 0.05) is 5.56 Å². The number of benzene rings is 2. The van der Waals surface area contributed by atoms with Crippen LogP contribution in [0.2, 0.25) is 0 Å². The number of hydrogen-bond acceptors (Lipinski definition) is 4. The van der Waals surface area contributed by atoms with Gasteiger partial charge in [-0.2, -0.15) is 0 Å². The molecule has 0 saturated heterocycles. The molecule has 108 valence electrons. The van der Waals surface area contributed by atoms with Crippen LogP contribution in [0.25, 0.3) is 0 Å². The minimum Gasteiger partial charge on any atom is -0.508 e. The zero-order valence-electron chi connectivity index (χ0n) is 11.9. The number of ketones is 1. The normalized spacial score (nSPS) is 11.7. The summed E-state index contributed by atoms with van der Waals surface area (Å²) in [4.78, 5) is 24.1. The third kappa shape index (κ3) is 3.69. The van der Waals surface area contributed by atoms with Gasteiger partial charge >= 0.3 is 5.97 Å². The van der Waals surface area contributed by atoms with E-state index in [9.17, 15) is 14.7 Å². The Balaban J connectivity index is 2.07. The smallest absolute Gasteiger partial charge is 0.338 e. The summed E-state index contributed by atoms with van der Waals surface area (Å²) in [5.41, 5.74) is 1.76. The van der Waals surface area contributed by atoms with E-state index in [1.165, 1.54) is 25.1 Å². The Hall–Kier alpha value is -2.62. The van der Waals surface area contributed by atoms with E-state index in [2.05, 4.69) is 0 Å². The number of rotatable bonds is 4. The van der Waals surface area contributed by atoms with E-state index in [0.29, 0.717) is 5.56 Å². The second-order valence-corrected chi connectivity index (χ2v) is 4.83. The molecule has 0 aliphatic rings. The summed E-state index contributed by atoms with van der Waals surface area (Å²) in [6.45, 7) is 3.46. The third-order valence-corrected chi connectivity index (χ3v) is 3.07. The molecule has 0 aliphatic carbocycles. The molecule has 0 aromatic heterocycles. The Morgan fingerprint density at radius 3 is 2.33 bits per heavy atom. The summed E-state index contributed by atoms with van der Waals surface area (Å²) in [6, 6.07) is 12.9. The number of ether oxygens (including phenoxy) is 1. The van der Waals surface area contributed by atoms with Crippen molar-refractivity contribution in [1.82, 2.24) is 0 Å². The fraction of sp³-hybridized carbons (Fsp3) is 0.176. The number of esters is 1. The van der Waals surface area contributed by atoms with Crippen LogP contribution in [0.15, 0.2) is 48.5 Å². The van der Waals surface area contributed by atoms with Gasteiger partial charge in [-0.05, 0) is 32.0 Å². The zero-order valence-corrected chi connectivity index (χ0v) is 11.9. The predicted molar refractivity (Wildman–Crippen MR) is 78.5 cm³/mol. The SMILES string of the molecule is Cc1ccc(C(=O)[C@H](C)OC(=O)c2cccc(O)c2)cc1. The molecular weight excluding hydrogens is 268 g/mol. The van der Waals surface area contributed by atoms with Gasteiger partial charge in [-0.25, -0.2) is 4.79 Å². The highest BCUT2D eigenvalue weighted by Gasteiger charge is 2.20. The van der Waals surface area contributed by atoms with Crippen LogP contribution < -0.4 is 0 Å². The van der Waals surface area contributed by atoms with Crippen molar-refractivity contribution >= 4 is 11.8 Å². The van der Waals surface area contributed by atoms with Crippen LogP contribution in [-0.4, -0.2) is 23.0 Å². The highest BCUT2D eigenvalue weighted by Crippen LogP contribution is 2.14. The van der Waals surface area contributed by atoms with Crippen LogP contribution in [0.3, 0.4) is 0 Å². The summed E-state index contributed by atoms with van der Waals surface area (Å²) in [7, 11) is 0. The van der Waals surface area contributed by atoms with Gasteiger partial charge in [0.2, 0.25) is 5.78 Å². The molecule has 0 radical (unpaired) electrons. The van der Waals surface area contributed by atoms with Crippen LogP contribution in [-0.2, 0) is 4.74 Å². The van der Waals surface area contributed by atoms with Crippen molar-refractivity contribution in [2.45, 2.75) is 20.0 Å². The van der Waals surface area contributed by atoms with Crippen molar-refractivity contribution in [3.63, 3.8) is 0 Å². The lowest BCUT2D eigenvalue weighted by molar-refractivity contribution is 0.0318. The fourth-order valence-corrected chi connectivity index (χ4v) is 1.87. The molecule has 0 saturated carbocycles. The number of aryl methyl sites for hydroxylation is 1. The molecule has 2 aromatic carbocycles. The maximum Gasteiger partial charge on any atom is 0.338 e. The van der Waals surface area contributed by atoms with Gasteiger partial charge in [0.25, 0.3) is 0 Å². The second-order valence-electron chi connectivity index (χ2n) is 4.83. The Labute approximate surface area is 123 Å². The topological polar surface area (TPSA) is 63.6 Å². The number of aromatic hydroxyl groups is 1. The Morgan fingerprint density at radius 2 is 1.71 bits per heavy atom. The molecule has 4 nitrogen and oxygen atoms in total. The monoisotopic (exact) mass is 284 g/mol. The standard InChI is InChI=1S/C17H16O4/c1-11-6-8-13(9-7-11)16(19)12(2)21-17(20)14-4-3-5-15(18)10-14/h3-10,12,18H,1-2H3/t12-/m0/s1. The molecule has 0 fully saturated rings. The molecule has 2 rings (SSSR count). The maximum absolute atomic E-state index is 12.2. The lowest BCUT2D eigenvalue weighted by Gasteiger charge is -2.12. The molecule has 0 aliphatic heterocycles. The van der Waals surface area contributed by atoms with Gasteiger partial charge in [-0.1, -0.05) is 35.9 Å². The minimum atomic E-state index is -0.887. The van der Waals surface area contributed by atoms with Gasteiger partial charge in [-0.3, -0.25) is 4.79 Å². The number of carbonyl (C=O) groups is 2. The number of phenolic OH excluding ortho intramolecular Hbond substituents is 1. The maximum atomic E-state index is 12.2. The van der Waals surface area contributed by atoms with Crippen molar-refractivity contribution in [1.29, 1.82) is 0 Å². The van der Waals surface area contributed by atoms with Gasteiger partial charge < -0.3 is 9.84 Å². The highest BCUT2D eigenvalue weighted by molar-refractivity contribution is 6.01.